The summed E-state index contributed by atoms with van der Waals surface area (Å²) in [7, 11) is 0. The molecule has 0 fully saturated rings. The first-order valence-electron chi connectivity index (χ1n) is 3.36. The van der Waals surface area contributed by atoms with E-state index in [1.54, 1.807) is 0 Å². The summed E-state index contributed by atoms with van der Waals surface area (Å²) in [6, 6.07) is 2.52. The second kappa shape index (κ2) is 4.85. The second-order valence-electron chi connectivity index (χ2n) is 2.47. The summed E-state index contributed by atoms with van der Waals surface area (Å²) in [5.74, 6) is -0.622. The molecule has 0 aromatic heterocycles. The Balaban J connectivity index is 0.00000196. The zero-order valence-corrected chi connectivity index (χ0v) is 12.2. The van der Waals surface area contributed by atoms with E-state index in [1.165, 1.54) is 0 Å². The van der Waals surface area contributed by atoms with Gasteiger partial charge in [-0.2, -0.15) is 0 Å². The molecular weight excluding hydrogens is 332 g/mol. The molecule has 0 radical (unpaired) electrons. The van der Waals surface area contributed by atoms with Gasteiger partial charge in [-0.05, 0) is 0 Å². The number of hydrogen-bond donors (Lipinski definition) is 3. The van der Waals surface area contributed by atoms with Crippen LogP contribution in [0.5, 0.6) is 5.75 Å². The van der Waals surface area contributed by atoms with Crippen LogP contribution in [0.15, 0.2) is 18.2 Å². The molecule has 0 heterocycles. The molecule has 1 rings (SSSR count). The van der Waals surface area contributed by atoms with E-state index in [0.29, 0.717) is 6.07 Å². The zero-order valence-electron chi connectivity index (χ0n) is 7.40. The van der Waals surface area contributed by atoms with Gasteiger partial charge < -0.3 is 0 Å². The number of rotatable bonds is 2. The second-order valence-corrected chi connectivity index (χ2v) is 5.84. The van der Waals surface area contributed by atoms with Gasteiger partial charge in [0.15, 0.2) is 0 Å². The first kappa shape index (κ1) is 14.3. The first-order chi connectivity index (χ1) is 6.32. The van der Waals surface area contributed by atoms with E-state index in [-0.39, 0.29) is 18.0 Å². The third-order valence-corrected chi connectivity index (χ3v) is 3.49. The summed E-state index contributed by atoms with van der Waals surface area (Å²) < 4.78 is 27.8. The molecule has 1 atom stereocenters. The number of phenolic OH excluding ortho intramolecular Hbond substituents is 1. The van der Waals surface area contributed by atoms with Crippen LogP contribution in [0.3, 0.4) is 0 Å². The molecule has 15 heavy (non-hydrogen) atoms. The van der Waals surface area contributed by atoms with Crippen LogP contribution in [0, 0.1) is 10.1 Å². The molecule has 0 amide bonds. The maximum absolute atomic E-state index is 10.8. The van der Waals surface area contributed by atoms with Crippen molar-refractivity contribution in [1.82, 2.24) is 0 Å². The minimum absolute atomic E-state index is 0. The molecule has 0 aliphatic rings. The van der Waals surface area contributed by atoms with Gasteiger partial charge in [0.25, 0.3) is 0 Å². The van der Waals surface area contributed by atoms with Gasteiger partial charge in [0.05, 0.1) is 0 Å². The number of aromatic hydroxyl groups is 1. The number of nitro groups is 1. The van der Waals surface area contributed by atoms with Crippen molar-refractivity contribution in [3.63, 3.8) is 0 Å². The van der Waals surface area contributed by atoms with Crippen molar-refractivity contribution >= 4 is 42.2 Å². The van der Waals surface area contributed by atoms with Crippen LogP contribution in [0.2, 0.25) is 0 Å². The van der Waals surface area contributed by atoms with Gasteiger partial charge in [0.2, 0.25) is 0 Å². The molecule has 0 saturated heterocycles. The average Bonchev–Trinajstić information content (AvgIpc) is 2.02. The Morgan fingerprint density at radius 1 is 1.33 bits per heavy atom. The Labute approximate surface area is 98.2 Å². The molecular formula is C6H9As2NO6. The average molecular weight is 341 g/mol. The molecule has 1 unspecified atom stereocenters. The van der Waals surface area contributed by atoms with Crippen molar-refractivity contribution in [3.05, 3.63) is 28.3 Å². The Kier molecular flexibility index (Phi) is 4.61. The van der Waals surface area contributed by atoms with Crippen molar-refractivity contribution in [2.75, 3.05) is 0 Å². The summed E-state index contributed by atoms with van der Waals surface area (Å²) >= 11 is -5.13. The molecule has 0 saturated carbocycles. The van der Waals surface area contributed by atoms with Gasteiger partial charge in [-0.1, -0.05) is 0 Å². The van der Waals surface area contributed by atoms with Gasteiger partial charge in [0, 0.05) is 0 Å². The van der Waals surface area contributed by atoms with Crippen LogP contribution in [0.4, 0.5) is 5.69 Å². The molecule has 1 aromatic carbocycles. The zero-order chi connectivity index (χ0) is 10.9. The van der Waals surface area contributed by atoms with E-state index >= 15 is 0 Å². The standard InChI is InChI=1S/C6H6AsNO6.AsH3/c9-6-2-1-4(7(10,11)12)3-5(6)8(13)14;/h1-3,9H,(H2,10,11,12);1H3. The summed E-state index contributed by atoms with van der Waals surface area (Å²) in [4.78, 5) is 9.39. The Morgan fingerprint density at radius 3 is 2.27 bits per heavy atom. The van der Waals surface area contributed by atoms with Gasteiger partial charge in [-0.3, -0.25) is 0 Å². The SMILES string of the molecule is O=[N+]([O-])c1cc([As](=O)(O)O)ccc1O.[AsH3]. The van der Waals surface area contributed by atoms with Crippen LogP contribution in [0.1, 0.15) is 0 Å². The Bertz CT molecular complexity index is 428. The molecule has 0 bridgehead atoms. The van der Waals surface area contributed by atoms with Crippen LogP contribution in [-0.2, 0) is 3.74 Å². The van der Waals surface area contributed by atoms with Crippen molar-refractivity contribution in [3.8, 4) is 5.75 Å². The van der Waals surface area contributed by atoms with E-state index in [9.17, 15) is 13.9 Å². The summed E-state index contributed by atoms with van der Waals surface area (Å²) in [6.07, 6.45) is 0. The van der Waals surface area contributed by atoms with E-state index in [2.05, 4.69) is 0 Å². The van der Waals surface area contributed by atoms with Crippen molar-refractivity contribution in [1.29, 1.82) is 0 Å². The predicted molar refractivity (Wildman–Crippen MR) is 55.2 cm³/mol. The topological polar surface area (TPSA) is 121 Å². The number of nitrogens with zero attached hydrogens (tertiary/aromatic N) is 1. The predicted octanol–water partition coefficient (Wildman–Crippen LogP) is -2.32. The van der Waals surface area contributed by atoms with E-state index in [4.69, 9.17) is 13.3 Å². The number of benzene rings is 1. The normalized spacial score (nSPS) is 10.5. The van der Waals surface area contributed by atoms with Crippen LogP contribution >= 0.6 is 0 Å². The summed E-state index contributed by atoms with van der Waals surface area (Å²) in [5.41, 5.74) is -0.716. The fourth-order valence-corrected chi connectivity index (χ4v) is 2.01. The van der Waals surface area contributed by atoms with Crippen molar-refractivity contribution < 1.29 is 22.0 Å². The summed E-state index contributed by atoms with van der Waals surface area (Å²) in [5, 5.41) is 19.3. The quantitative estimate of drug-likeness (QED) is 0.315. The van der Waals surface area contributed by atoms with Crippen LogP contribution < -0.4 is 4.35 Å². The molecule has 0 aliphatic heterocycles. The van der Waals surface area contributed by atoms with Crippen molar-refractivity contribution in [2.24, 2.45) is 0 Å². The number of hydrogen-bond acceptors (Lipinski definition) is 4. The molecule has 84 valence electrons. The third kappa shape index (κ3) is 3.39. The maximum atomic E-state index is 10.8. The summed E-state index contributed by atoms with van der Waals surface area (Å²) in [6.45, 7) is 0. The van der Waals surface area contributed by atoms with Gasteiger partial charge >= 0.3 is 98.2 Å². The van der Waals surface area contributed by atoms with E-state index < -0.39 is 34.9 Å². The fourth-order valence-electron chi connectivity index (χ4n) is 0.839. The molecule has 3 N–H and O–H groups in total. The van der Waals surface area contributed by atoms with Crippen LogP contribution in [0.25, 0.3) is 0 Å². The number of nitro benzene ring substituents is 1. The minimum atomic E-state index is -5.13. The van der Waals surface area contributed by atoms with Gasteiger partial charge in [-0.25, -0.2) is 0 Å². The Hall–Kier alpha value is -0.743. The fraction of sp³-hybridized carbons (Fsp3) is 0. The Morgan fingerprint density at radius 2 is 1.87 bits per heavy atom. The van der Waals surface area contributed by atoms with E-state index in [0.717, 1.165) is 12.1 Å². The molecule has 0 aliphatic carbocycles. The molecule has 7 nitrogen and oxygen atoms in total. The van der Waals surface area contributed by atoms with Gasteiger partial charge in [-0.15, -0.1) is 0 Å². The van der Waals surface area contributed by atoms with E-state index in [1.807, 2.05) is 0 Å². The van der Waals surface area contributed by atoms with Crippen LogP contribution in [-0.4, -0.2) is 50.3 Å². The molecule has 0 spiro atoms. The number of phenols is 1. The van der Waals surface area contributed by atoms with Crippen molar-refractivity contribution in [2.45, 2.75) is 0 Å². The molecule has 9 heteroatoms. The monoisotopic (exact) mass is 341 g/mol. The molecule has 1 aromatic rings. The third-order valence-electron chi connectivity index (χ3n) is 1.49. The van der Waals surface area contributed by atoms with Gasteiger partial charge in [0.1, 0.15) is 0 Å². The first-order valence-corrected chi connectivity index (χ1v) is 6.74.